The second kappa shape index (κ2) is 4.06. The smallest absolute Gasteiger partial charge is 0.119 e. The van der Waals surface area contributed by atoms with Crippen molar-refractivity contribution in [2.75, 3.05) is 26.7 Å². The van der Waals surface area contributed by atoms with Gasteiger partial charge in [-0.15, -0.1) is 12.4 Å². The molecule has 0 aromatic rings. The fourth-order valence-electron chi connectivity index (χ4n) is 0.791. The van der Waals surface area contributed by atoms with Crippen molar-refractivity contribution in [3.05, 3.63) is 0 Å². The molecule has 0 aromatic carbocycles. The molecule has 1 saturated heterocycles. The molecule has 0 saturated carbocycles. The first-order chi connectivity index (χ1) is 3.80. The first-order valence-electron chi connectivity index (χ1n) is 2.90. The zero-order valence-electron chi connectivity index (χ0n) is 5.50. The number of hydrogen-bond donors (Lipinski definition) is 2. The number of likely N-dealkylation sites (N-methyl/N-ethyl adjacent to an activating group) is 1. The number of nitrogens with one attached hydrogen (secondary N) is 1. The van der Waals surface area contributed by atoms with Crippen LogP contribution >= 0.6 is 12.4 Å². The lowest BCUT2D eigenvalue weighted by atomic mass is 10.4. The maximum atomic E-state index is 9.04. The normalized spacial score (nSPS) is 29.3. The van der Waals surface area contributed by atoms with E-state index in [0.29, 0.717) is 6.54 Å². The van der Waals surface area contributed by atoms with Crippen LogP contribution in [0.5, 0.6) is 0 Å². The monoisotopic (exact) mass is 152 g/mol. The van der Waals surface area contributed by atoms with Crippen LogP contribution in [0, 0.1) is 0 Å². The van der Waals surface area contributed by atoms with Gasteiger partial charge in [-0.3, -0.25) is 4.90 Å². The van der Waals surface area contributed by atoms with Gasteiger partial charge in [0.25, 0.3) is 0 Å². The Balaban J connectivity index is 0.000000640. The highest BCUT2D eigenvalue weighted by molar-refractivity contribution is 5.85. The molecule has 9 heavy (non-hydrogen) atoms. The SMILES string of the molecule is CN1CCNCC1O.Cl. The third-order valence-electron chi connectivity index (χ3n) is 1.48. The molecule has 0 amide bonds. The molecular weight excluding hydrogens is 140 g/mol. The standard InChI is InChI=1S/C5H12N2O.ClH/c1-7-3-2-6-4-5(7)8;/h5-6,8H,2-4H2,1H3;1H. The van der Waals surface area contributed by atoms with Gasteiger partial charge in [0.2, 0.25) is 0 Å². The highest BCUT2D eigenvalue weighted by atomic mass is 35.5. The summed E-state index contributed by atoms with van der Waals surface area (Å²) in [6.07, 6.45) is -0.274. The molecular formula is C5H13ClN2O. The van der Waals surface area contributed by atoms with Gasteiger partial charge < -0.3 is 10.4 Å². The lowest BCUT2D eigenvalue weighted by Crippen LogP contribution is -2.48. The van der Waals surface area contributed by atoms with Crippen LogP contribution in [-0.4, -0.2) is 42.9 Å². The van der Waals surface area contributed by atoms with Crippen LogP contribution in [0.4, 0.5) is 0 Å². The Morgan fingerprint density at radius 3 is 2.67 bits per heavy atom. The molecule has 4 heteroatoms. The highest BCUT2D eigenvalue weighted by Crippen LogP contribution is 1.93. The minimum atomic E-state index is -0.274. The first kappa shape index (κ1) is 9.17. The van der Waals surface area contributed by atoms with E-state index in [0.717, 1.165) is 13.1 Å². The van der Waals surface area contributed by atoms with Crippen LogP contribution in [-0.2, 0) is 0 Å². The maximum absolute atomic E-state index is 9.04. The molecule has 1 aliphatic heterocycles. The van der Waals surface area contributed by atoms with E-state index in [9.17, 15) is 0 Å². The Bertz CT molecular complexity index is 71.4. The highest BCUT2D eigenvalue weighted by Gasteiger charge is 2.13. The van der Waals surface area contributed by atoms with E-state index in [1.54, 1.807) is 0 Å². The number of rotatable bonds is 0. The third-order valence-corrected chi connectivity index (χ3v) is 1.48. The van der Waals surface area contributed by atoms with Gasteiger partial charge in [0, 0.05) is 19.6 Å². The Kier molecular flexibility index (Phi) is 4.14. The molecule has 2 N–H and O–H groups in total. The minimum absolute atomic E-state index is 0. The summed E-state index contributed by atoms with van der Waals surface area (Å²) in [5.41, 5.74) is 0. The predicted octanol–water partition coefficient (Wildman–Crippen LogP) is -0.738. The number of piperazine rings is 1. The lowest BCUT2D eigenvalue weighted by Gasteiger charge is -2.28. The molecule has 1 heterocycles. The van der Waals surface area contributed by atoms with Crippen molar-refractivity contribution >= 4 is 12.4 Å². The van der Waals surface area contributed by atoms with Crippen molar-refractivity contribution in [1.82, 2.24) is 10.2 Å². The van der Waals surface area contributed by atoms with Crippen LogP contribution in [0.3, 0.4) is 0 Å². The fraction of sp³-hybridized carbons (Fsp3) is 1.00. The number of β-amino-alcohol motifs (C(OH)–C–C–N with tert-alkyl or cyclic N) is 1. The van der Waals surface area contributed by atoms with Gasteiger partial charge in [-0.25, -0.2) is 0 Å². The maximum Gasteiger partial charge on any atom is 0.119 e. The average molecular weight is 153 g/mol. The predicted molar refractivity (Wildman–Crippen MR) is 38.8 cm³/mol. The number of aliphatic hydroxyl groups excluding tert-OH is 1. The molecule has 1 rings (SSSR count). The molecule has 0 aromatic heterocycles. The van der Waals surface area contributed by atoms with Crippen LogP contribution in [0.25, 0.3) is 0 Å². The average Bonchev–Trinajstić information content (AvgIpc) is 1.77. The second-order valence-electron chi connectivity index (χ2n) is 2.17. The summed E-state index contributed by atoms with van der Waals surface area (Å²) in [5, 5.41) is 12.1. The molecule has 3 nitrogen and oxygen atoms in total. The molecule has 0 spiro atoms. The van der Waals surface area contributed by atoms with E-state index in [1.807, 2.05) is 11.9 Å². The number of hydrogen-bond acceptors (Lipinski definition) is 3. The van der Waals surface area contributed by atoms with E-state index >= 15 is 0 Å². The Morgan fingerprint density at radius 2 is 2.33 bits per heavy atom. The van der Waals surface area contributed by atoms with E-state index in [2.05, 4.69) is 5.32 Å². The zero-order chi connectivity index (χ0) is 5.98. The molecule has 1 fully saturated rings. The summed E-state index contributed by atoms with van der Waals surface area (Å²) < 4.78 is 0. The van der Waals surface area contributed by atoms with Gasteiger partial charge in [-0.1, -0.05) is 0 Å². The van der Waals surface area contributed by atoms with Crippen molar-refractivity contribution < 1.29 is 5.11 Å². The number of nitrogens with zero attached hydrogens (tertiary/aromatic N) is 1. The number of halogens is 1. The van der Waals surface area contributed by atoms with Crippen molar-refractivity contribution in [2.24, 2.45) is 0 Å². The van der Waals surface area contributed by atoms with Gasteiger partial charge in [0.15, 0.2) is 0 Å². The molecule has 1 aliphatic rings. The summed E-state index contributed by atoms with van der Waals surface area (Å²) in [5.74, 6) is 0. The second-order valence-corrected chi connectivity index (χ2v) is 2.17. The fourth-order valence-corrected chi connectivity index (χ4v) is 0.791. The van der Waals surface area contributed by atoms with E-state index in [-0.39, 0.29) is 18.6 Å². The van der Waals surface area contributed by atoms with Crippen LogP contribution in [0.15, 0.2) is 0 Å². The zero-order valence-corrected chi connectivity index (χ0v) is 6.32. The first-order valence-corrected chi connectivity index (χ1v) is 2.90. The van der Waals surface area contributed by atoms with Gasteiger partial charge in [-0.05, 0) is 7.05 Å². The van der Waals surface area contributed by atoms with Crippen molar-refractivity contribution in [3.63, 3.8) is 0 Å². The minimum Gasteiger partial charge on any atom is -0.377 e. The van der Waals surface area contributed by atoms with Crippen molar-refractivity contribution in [1.29, 1.82) is 0 Å². The van der Waals surface area contributed by atoms with Crippen LogP contribution < -0.4 is 5.32 Å². The topological polar surface area (TPSA) is 35.5 Å². The molecule has 56 valence electrons. The molecule has 0 radical (unpaired) electrons. The summed E-state index contributed by atoms with van der Waals surface area (Å²) in [7, 11) is 1.92. The van der Waals surface area contributed by atoms with E-state index in [4.69, 9.17) is 5.11 Å². The summed E-state index contributed by atoms with van der Waals surface area (Å²) in [6.45, 7) is 2.64. The van der Waals surface area contributed by atoms with Gasteiger partial charge >= 0.3 is 0 Å². The molecule has 1 unspecified atom stereocenters. The van der Waals surface area contributed by atoms with Gasteiger partial charge in [-0.2, -0.15) is 0 Å². The summed E-state index contributed by atoms with van der Waals surface area (Å²) >= 11 is 0. The quantitative estimate of drug-likeness (QED) is 0.480. The molecule has 0 bridgehead atoms. The third kappa shape index (κ3) is 2.49. The molecule has 1 atom stereocenters. The van der Waals surface area contributed by atoms with Crippen LogP contribution in [0.2, 0.25) is 0 Å². The number of aliphatic hydroxyl groups is 1. The van der Waals surface area contributed by atoms with E-state index < -0.39 is 0 Å². The molecule has 0 aliphatic carbocycles. The largest absolute Gasteiger partial charge is 0.377 e. The lowest BCUT2D eigenvalue weighted by molar-refractivity contribution is 0.00571. The summed E-state index contributed by atoms with van der Waals surface area (Å²) in [6, 6.07) is 0. The Hall–Kier alpha value is 0.170. The van der Waals surface area contributed by atoms with E-state index in [1.165, 1.54) is 0 Å². The van der Waals surface area contributed by atoms with Gasteiger partial charge in [0.05, 0.1) is 0 Å². The summed E-state index contributed by atoms with van der Waals surface area (Å²) in [4.78, 5) is 1.93. The van der Waals surface area contributed by atoms with Crippen molar-refractivity contribution in [2.45, 2.75) is 6.23 Å². The Labute approximate surface area is 61.5 Å². The van der Waals surface area contributed by atoms with Crippen LogP contribution in [0.1, 0.15) is 0 Å². The van der Waals surface area contributed by atoms with Gasteiger partial charge in [0.1, 0.15) is 6.23 Å². The van der Waals surface area contributed by atoms with Crippen molar-refractivity contribution in [3.8, 4) is 0 Å². The Morgan fingerprint density at radius 1 is 1.67 bits per heavy atom.